The number of nitrogens with one attached hydrogen (secondary N) is 1. The van der Waals surface area contributed by atoms with Crippen molar-refractivity contribution in [3.8, 4) is 11.1 Å². The summed E-state index contributed by atoms with van der Waals surface area (Å²) in [7, 11) is 0. The van der Waals surface area contributed by atoms with Gasteiger partial charge in [-0.2, -0.15) is 0 Å². The van der Waals surface area contributed by atoms with Gasteiger partial charge in [0.05, 0.1) is 23.1 Å². The van der Waals surface area contributed by atoms with Crippen molar-refractivity contribution in [3.05, 3.63) is 167 Å². The van der Waals surface area contributed by atoms with Crippen molar-refractivity contribution in [3.63, 3.8) is 0 Å². The molecule has 42 heavy (non-hydrogen) atoms. The first-order chi connectivity index (χ1) is 20.6. The SMILES string of the molecule is Cc1ccccc1.Cc1ccccc1-c1c(C)ccc2c1ccn2C1=C(c2ccccc2)NC(c2ccccc2)N=C1. The summed E-state index contributed by atoms with van der Waals surface area (Å²) in [5.41, 5.74) is 12.0. The van der Waals surface area contributed by atoms with Crippen molar-refractivity contribution in [2.75, 3.05) is 0 Å². The number of nitrogens with zero attached hydrogens (tertiary/aromatic N) is 2. The Morgan fingerprint density at radius 2 is 1.26 bits per heavy atom. The zero-order valence-electron chi connectivity index (χ0n) is 24.3. The Hall–Kier alpha value is -5.15. The highest BCUT2D eigenvalue weighted by Gasteiger charge is 2.22. The molecular formula is C39H35N3. The average molecular weight is 546 g/mol. The number of hydrogen-bond donors (Lipinski definition) is 1. The van der Waals surface area contributed by atoms with Gasteiger partial charge in [0.15, 0.2) is 0 Å². The largest absolute Gasteiger partial charge is 0.358 e. The summed E-state index contributed by atoms with van der Waals surface area (Å²) >= 11 is 0. The van der Waals surface area contributed by atoms with Crippen LogP contribution in [0.5, 0.6) is 0 Å². The van der Waals surface area contributed by atoms with E-state index in [1.54, 1.807) is 0 Å². The van der Waals surface area contributed by atoms with Gasteiger partial charge in [0.25, 0.3) is 0 Å². The summed E-state index contributed by atoms with van der Waals surface area (Å²) in [4.78, 5) is 4.92. The van der Waals surface area contributed by atoms with Gasteiger partial charge in [0.2, 0.25) is 0 Å². The van der Waals surface area contributed by atoms with E-state index in [-0.39, 0.29) is 6.17 Å². The Labute approximate surface area is 248 Å². The van der Waals surface area contributed by atoms with E-state index in [9.17, 15) is 0 Å². The molecule has 0 saturated carbocycles. The zero-order valence-corrected chi connectivity index (χ0v) is 24.3. The molecule has 0 fully saturated rings. The van der Waals surface area contributed by atoms with E-state index in [4.69, 9.17) is 4.99 Å². The lowest BCUT2D eigenvalue weighted by atomic mass is 9.94. The molecule has 2 heterocycles. The van der Waals surface area contributed by atoms with E-state index in [0.29, 0.717) is 0 Å². The molecule has 3 nitrogen and oxygen atoms in total. The first-order valence-corrected chi connectivity index (χ1v) is 14.4. The summed E-state index contributed by atoms with van der Waals surface area (Å²) < 4.78 is 2.26. The second-order valence-corrected chi connectivity index (χ2v) is 10.7. The lowest BCUT2D eigenvalue weighted by Crippen LogP contribution is -2.25. The molecular weight excluding hydrogens is 510 g/mol. The number of allylic oxidation sites excluding steroid dienone is 1. The molecule has 0 saturated heterocycles. The Balaban J connectivity index is 0.000000397. The van der Waals surface area contributed by atoms with Crippen LogP contribution >= 0.6 is 0 Å². The highest BCUT2D eigenvalue weighted by molar-refractivity contribution is 6.16. The van der Waals surface area contributed by atoms with Gasteiger partial charge >= 0.3 is 0 Å². The molecule has 5 aromatic carbocycles. The van der Waals surface area contributed by atoms with E-state index >= 15 is 0 Å². The smallest absolute Gasteiger partial charge is 0.144 e. The van der Waals surface area contributed by atoms with Crippen LogP contribution in [0.2, 0.25) is 0 Å². The minimum atomic E-state index is -0.123. The van der Waals surface area contributed by atoms with Gasteiger partial charge in [-0.1, -0.05) is 127 Å². The van der Waals surface area contributed by atoms with Gasteiger partial charge in [0.1, 0.15) is 6.17 Å². The predicted molar refractivity (Wildman–Crippen MR) is 178 cm³/mol. The van der Waals surface area contributed by atoms with Crippen LogP contribution in [-0.4, -0.2) is 10.8 Å². The van der Waals surface area contributed by atoms with E-state index in [1.165, 1.54) is 38.7 Å². The van der Waals surface area contributed by atoms with Gasteiger partial charge in [0, 0.05) is 11.6 Å². The van der Waals surface area contributed by atoms with Gasteiger partial charge in [-0.05, 0) is 66.3 Å². The standard InChI is InChI=1S/C32H27N3.C7H8/c1-22-11-9-10-16-26(22)30-23(2)17-18-28-27(30)19-20-35(28)29-21-33-32(25-14-7-4-8-15-25)34-31(29)24-12-5-3-6-13-24;1-7-5-3-2-4-6-7/h3-21,32,34H,1-2H3;2-6H,1H3. The number of rotatable bonds is 4. The van der Waals surface area contributed by atoms with Crippen LogP contribution in [0.1, 0.15) is 34.0 Å². The minimum absolute atomic E-state index is 0.123. The molecule has 206 valence electrons. The Kier molecular flexibility index (Phi) is 7.83. The molecule has 3 heteroatoms. The third kappa shape index (κ3) is 5.55. The predicted octanol–water partition coefficient (Wildman–Crippen LogP) is 9.62. The van der Waals surface area contributed by atoms with Crippen molar-refractivity contribution >= 4 is 28.5 Å². The van der Waals surface area contributed by atoms with E-state index in [1.807, 2.05) is 30.5 Å². The average Bonchev–Trinajstić information content (AvgIpc) is 3.47. The fourth-order valence-corrected chi connectivity index (χ4v) is 5.56. The molecule has 1 unspecified atom stereocenters. The van der Waals surface area contributed by atoms with Crippen LogP contribution in [0.4, 0.5) is 0 Å². The number of aliphatic imine (C=N–C) groups is 1. The molecule has 1 aromatic heterocycles. The normalized spacial score (nSPS) is 14.3. The molecule has 0 bridgehead atoms. The molecule has 0 radical (unpaired) electrons. The molecule has 0 amide bonds. The third-order valence-corrected chi connectivity index (χ3v) is 7.76. The summed E-state index contributed by atoms with van der Waals surface area (Å²) in [6.45, 7) is 6.46. The highest BCUT2D eigenvalue weighted by atomic mass is 15.1. The van der Waals surface area contributed by atoms with Crippen LogP contribution in [0.15, 0.2) is 145 Å². The molecule has 6 aromatic rings. The maximum absolute atomic E-state index is 4.92. The van der Waals surface area contributed by atoms with Crippen LogP contribution in [0, 0.1) is 20.8 Å². The summed E-state index contributed by atoms with van der Waals surface area (Å²) in [5.74, 6) is 0. The molecule has 1 aliphatic heterocycles. The maximum Gasteiger partial charge on any atom is 0.144 e. The lowest BCUT2D eigenvalue weighted by molar-refractivity contribution is 0.666. The first-order valence-electron chi connectivity index (χ1n) is 14.4. The quantitative estimate of drug-likeness (QED) is 0.235. The lowest BCUT2D eigenvalue weighted by Gasteiger charge is -2.26. The second-order valence-electron chi connectivity index (χ2n) is 10.7. The Morgan fingerprint density at radius 1 is 0.619 bits per heavy atom. The zero-order chi connectivity index (χ0) is 28.9. The molecule has 0 spiro atoms. The van der Waals surface area contributed by atoms with Crippen molar-refractivity contribution in [1.29, 1.82) is 0 Å². The molecule has 1 N–H and O–H groups in total. The molecule has 7 rings (SSSR count). The first kappa shape index (κ1) is 27.0. The topological polar surface area (TPSA) is 29.3 Å². The van der Waals surface area contributed by atoms with Gasteiger partial charge in [-0.15, -0.1) is 0 Å². The minimum Gasteiger partial charge on any atom is -0.358 e. The third-order valence-electron chi connectivity index (χ3n) is 7.76. The summed E-state index contributed by atoms with van der Waals surface area (Å²) in [5, 5.41) is 4.96. The van der Waals surface area contributed by atoms with Gasteiger partial charge < -0.3 is 9.88 Å². The number of aromatic nitrogens is 1. The van der Waals surface area contributed by atoms with Gasteiger partial charge in [-0.25, -0.2) is 0 Å². The van der Waals surface area contributed by atoms with Gasteiger partial charge in [-0.3, -0.25) is 4.99 Å². The summed E-state index contributed by atoms with van der Waals surface area (Å²) in [6.07, 6.45) is 4.06. The monoisotopic (exact) mass is 545 g/mol. The number of hydrogen-bond acceptors (Lipinski definition) is 2. The fraction of sp³-hybridized carbons (Fsp3) is 0.103. The van der Waals surface area contributed by atoms with Crippen LogP contribution in [0.25, 0.3) is 33.4 Å². The van der Waals surface area contributed by atoms with E-state index in [2.05, 4.69) is 146 Å². The summed E-state index contributed by atoms with van der Waals surface area (Å²) in [6, 6.07) is 46.5. The highest BCUT2D eigenvalue weighted by Crippen LogP contribution is 2.37. The van der Waals surface area contributed by atoms with E-state index in [0.717, 1.165) is 22.5 Å². The Bertz CT molecular complexity index is 1860. The molecule has 1 aliphatic rings. The van der Waals surface area contributed by atoms with Crippen LogP contribution < -0.4 is 5.32 Å². The van der Waals surface area contributed by atoms with Crippen LogP contribution in [0.3, 0.4) is 0 Å². The van der Waals surface area contributed by atoms with E-state index < -0.39 is 0 Å². The van der Waals surface area contributed by atoms with Crippen molar-refractivity contribution in [2.24, 2.45) is 4.99 Å². The second kappa shape index (κ2) is 12.2. The molecule has 1 atom stereocenters. The fourth-order valence-electron chi connectivity index (χ4n) is 5.56. The van der Waals surface area contributed by atoms with Crippen molar-refractivity contribution in [1.82, 2.24) is 9.88 Å². The van der Waals surface area contributed by atoms with Crippen molar-refractivity contribution in [2.45, 2.75) is 26.9 Å². The Morgan fingerprint density at radius 3 is 1.93 bits per heavy atom. The number of fused-ring (bicyclic) bond motifs is 1. The van der Waals surface area contributed by atoms with Crippen LogP contribution in [-0.2, 0) is 0 Å². The molecule has 0 aliphatic carbocycles. The number of aryl methyl sites for hydroxylation is 3. The van der Waals surface area contributed by atoms with Crippen molar-refractivity contribution < 1.29 is 0 Å². The number of benzene rings is 5. The maximum atomic E-state index is 4.92.